The highest BCUT2D eigenvalue weighted by molar-refractivity contribution is 7.93. The second kappa shape index (κ2) is 10.8. The molecule has 1 heterocycles. The fraction of sp³-hybridized carbons (Fsp3) is 0.250. The summed E-state index contributed by atoms with van der Waals surface area (Å²) in [6.45, 7) is 7.33. The molecule has 0 saturated carbocycles. The van der Waals surface area contributed by atoms with Gasteiger partial charge in [-0.25, -0.2) is 22.6 Å². The monoisotopic (exact) mass is 504 g/mol. The summed E-state index contributed by atoms with van der Waals surface area (Å²) in [5, 5.41) is 0.0813. The Morgan fingerprint density at radius 2 is 1.94 bits per heavy atom. The normalized spacial score (nSPS) is 11.3. The van der Waals surface area contributed by atoms with Crippen molar-refractivity contribution in [1.82, 2.24) is 4.98 Å². The molecule has 0 N–H and O–H groups in total. The van der Waals surface area contributed by atoms with E-state index in [4.69, 9.17) is 9.47 Å². The summed E-state index contributed by atoms with van der Waals surface area (Å²) in [7, 11) is -2.75. The van der Waals surface area contributed by atoms with Gasteiger partial charge in [-0.2, -0.15) is 0 Å². The zero-order chi connectivity index (χ0) is 24.9. The highest BCUT2D eigenvalue weighted by Gasteiger charge is 2.32. The van der Waals surface area contributed by atoms with Gasteiger partial charge in [0.25, 0.3) is 10.0 Å². The summed E-state index contributed by atoms with van der Waals surface area (Å²) in [5.74, 6) is -0.748. The molecule has 0 radical (unpaired) electrons. The molecule has 7 nitrogen and oxygen atoms in total. The highest BCUT2D eigenvalue weighted by Crippen LogP contribution is 2.33. The summed E-state index contributed by atoms with van der Waals surface area (Å²) in [6, 6.07) is 10.4. The van der Waals surface area contributed by atoms with Crippen molar-refractivity contribution in [2.75, 3.05) is 18.0 Å². The average molecular weight is 505 g/mol. The third kappa shape index (κ3) is 5.63. The molecule has 3 aromatic rings. The molecule has 0 unspecified atom stereocenters. The molecule has 3 rings (SSSR count). The van der Waals surface area contributed by atoms with Crippen molar-refractivity contribution >= 4 is 38.4 Å². The summed E-state index contributed by atoms with van der Waals surface area (Å²) < 4.78 is 53.3. The van der Waals surface area contributed by atoms with Crippen molar-refractivity contribution in [2.24, 2.45) is 5.92 Å². The van der Waals surface area contributed by atoms with E-state index in [1.807, 2.05) is 13.8 Å². The van der Waals surface area contributed by atoms with E-state index in [9.17, 15) is 17.6 Å². The molecule has 1 aromatic heterocycles. The maximum Gasteiger partial charge on any atom is 0.360 e. The van der Waals surface area contributed by atoms with Crippen LogP contribution in [0, 0.1) is 11.7 Å². The standard InChI is InChI=1S/C24H25FN2O5S2/c1-5-18-8-11-20(12-21(18)25)34(29,30)27(13-17-6-9-19(31-4)10-7-17)23-22(26-15-33-23)24(28)32-14-16(2)3/h5-12,15-16H,1,13-14H2,2-4H3. The van der Waals surface area contributed by atoms with Gasteiger partial charge in [-0.1, -0.05) is 44.7 Å². The predicted molar refractivity (Wildman–Crippen MR) is 130 cm³/mol. The molecule has 0 aliphatic heterocycles. The summed E-state index contributed by atoms with van der Waals surface area (Å²) in [4.78, 5) is 16.5. The zero-order valence-electron chi connectivity index (χ0n) is 19.0. The highest BCUT2D eigenvalue weighted by atomic mass is 32.2. The Morgan fingerprint density at radius 1 is 1.24 bits per heavy atom. The first-order chi connectivity index (χ1) is 16.2. The lowest BCUT2D eigenvalue weighted by Gasteiger charge is -2.24. The van der Waals surface area contributed by atoms with Crippen LogP contribution >= 0.6 is 11.3 Å². The lowest BCUT2D eigenvalue weighted by atomic mass is 10.2. The summed E-state index contributed by atoms with van der Waals surface area (Å²) in [6.07, 6.45) is 1.30. The van der Waals surface area contributed by atoms with E-state index in [1.165, 1.54) is 30.8 Å². The topological polar surface area (TPSA) is 85.8 Å². The number of ether oxygens (including phenoxy) is 2. The Kier molecular flexibility index (Phi) is 8.06. The summed E-state index contributed by atoms with van der Waals surface area (Å²) >= 11 is 0.981. The molecule has 0 aliphatic carbocycles. The number of methoxy groups -OCH3 is 1. The van der Waals surface area contributed by atoms with Crippen LogP contribution in [0.3, 0.4) is 0 Å². The van der Waals surface area contributed by atoms with Gasteiger partial charge >= 0.3 is 5.97 Å². The Balaban J connectivity index is 2.08. The number of esters is 1. The minimum atomic E-state index is -4.28. The first-order valence-electron chi connectivity index (χ1n) is 10.4. The van der Waals surface area contributed by atoms with Crippen molar-refractivity contribution in [3.8, 4) is 5.75 Å². The molecule has 0 bridgehead atoms. The van der Waals surface area contributed by atoms with Crippen molar-refractivity contribution < 1.29 is 27.1 Å². The number of thiazole rings is 1. The first kappa shape index (κ1) is 25.4. The van der Waals surface area contributed by atoms with Gasteiger partial charge in [0.15, 0.2) is 5.69 Å². The Labute approximate surface area is 202 Å². The van der Waals surface area contributed by atoms with E-state index in [1.54, 1.807) is 24.3 Å². The van der Waals surface area contributed by atoms with E-state index in [2.05, 4.69) is 11.6 Å². The zero-order valence-corrected chi connectivity index (χ0v) is 20.7. The van der Waals surface area contributed by atoms with Crippen LogP contribution in [0.2, 0.25) is 0 Å². The van der Waals surface area contributed by atoms with Crippen LogP contribution < -0.4 is 9.04 Å². The van der Waals surface area contributed by atoms with Gasteiger partial charge in [0, 0.05) is 5.56 Å². The van der Waals surface area contributed by atoms with Gasteiger partial charge in [-0.3, -0.25) is 4.31 Å². The quantitative estimate of drug-likeness (QED) is 0.355. The van der Waals surface area contributed by atoms with E-state index in [0.29, 0.717) is 11.3 Å². The van der Waals surface area contributed by atoms with Crippen molar-refractivity contribution in [2.45, 2.75) is 25.3 Å². The van der Waals surface area contributed by atoms with E-state index in [-0.39, 0.29) is 40.2 Å². The number of carbonyl (C=O) groups is 1. The lowest BCUT2D eigenvalue weighted by Crippen LogP contribution is -2.31. The number of carbonyl (C=O) groups excluding carboxylic acids is 1. The Morgan fingerprint density at radius 3 is 2.53 bits per heavy atom. The number of anilines is 1. The minimum Gasteiger partial charge on any atom is -0.497 e. The van der Waals surface area contributed by atoms with Crippen molar-refractivity contribution in [3.63, 3.8) is 0 Å². The van der Waals surface area contributed by atoms with Gasteiger partial charge in [-0.15, -0.1) is 11.3 Å². The smallest absolute Gasteiger partial charge is 0.360 e. The Hall–Kier alpha value is -3.24. The fourth-order valence-corrected chi connectivity index (χ4v) is 5.47. The summed E-state index contributed by atoms with van der Waals surface area (Å²) in [5.41, 5.74) is 2.06. The number of rotatable bonds is 10. The minimum absolute atomic E-state index is 0.0813. The molecule has 180 valence electrons. The van der Waals surface area contributed by atoms with E-state index >= 15 is 0 Å². The predicted octanol–water partition coefficient (Wildman–Crippen LogP) is 5.14. The number of hydrogen-bond acceptors (Lipinski definition) is 7. The van der Waals surface area contributed by atoms with Crippen LogP contribution in [0.1, 0.15) is 35.5 Å². The number of nitrogens with zero attached hydrogens (tertiary/aromatic N) is 2. The van der Waals surface area contributed by atoms with Crippen LogP contribution in [-0.4, -0.2) is 33.1 Å². The second-order valence-corrected chi connectivity index (χ2v) is 10.4. The fourth-order valence-electron chi connectivity index (χ4n) is 2.99. The van der Waals surface area contributed by atoms with Gasteiger partial charge in [-0.05, 0) is 35.7 Å². The molecule has 0 amide bonds. The number of benzene rings is 2. The van der Waals surface area contributed by atoms with Crippen LogP contribution in [0.15, 0.2) is 59.4 Å². The second-order valence-electron chi connectivity index (χ2n) is 7.75. The first-order valence-corrected chi connectivity index (χ1v) is 12.7. The van der Waals surface area contributed by atoms with Crippen LogP contribution in [0.25, 0.3) is 6.08 Å². The number of aromatic nitrogens is 1. The third-order valence-corrected chi connectivity index (χ3v) is 7.49. The molecular weight excluding hydrogens is 479 g/mol. The molecule has 0 spiro atoms. The average Bonchev–Trinajstić information content (AvgIpc) is 3.30. The van der Waals surface area contributed by atoms with Crippen LogP contribution in [-0.2, 0) is 21.3 Å². The maximum absolute atomic E-state index is 14.4. The largest absolute Gasteiger partial charge is 0.497 e. The molecule has 2 aromatic carbocycles. The molecular formula is C24H25FN2O5S2. The van der Waals surface area contributed by atoms with E-state index in [0.717, 1.165) is 21.7 Å². The third-order valence-electron chi connectivity index (χ3n) is 4.78. The maximum atomic E-state index is 14.4. The molecule has 34 heavy (non-hydrogen) atoms. The van der Waals surface area contributed by atoms with Gasteiger partial charge in [0.05, 0.1) is 30.7 Å². The SMILES string of the molecule is C=Cc1ccc(S(=O)(=O)N(Cc2ccc(OC)cc2)c2scnc2C(=O)OCC(C)C)cc1F. The van der Waals surface area contributed by atoms with Crippen LogP contribution in [0.4, 0.5) is 9.39 Å². The number of sulfonamides is 1. The van der Waals surface area contributed by atoms with Gasteiger partial charge in [0.1, 0.15) is 16.6 Å². The number of halogens is 1. The molecule has 0 fully saturated rings. The number of hydrogen-bond donors (Lipinski definition) is 0. The van der Waals surface area contributed by atoms with Crippen molar-refractivity contribution in [3.05, 3.63) is 77.2 Å². The van der Waals surface area contributed by atoms with Gasteiger partial charge < -0.3 is 9.47 Å². The molecule has 0 atom stereocenters. The van der Waals surface area contributed by atoms with Crippen molar-refractivity contribution in [1.29, 1.82) is 0 Å². The van der Waals surface area contributed by atoms with Gasteiger partial charge in [0.2, 0.25) is 0 Å². The molecule has 0 aliphatic rings. The molecule has 0 saturated heterocycles. The Bertz CT molecular complexity index is 1270. The molecule has 10 heteroatoms. The lowest BCUT2D eigenvalue weighted by molar-refractivity contribution is 0.0454. The van der Waals surface area contributed by atoms with Crippen LogP contribution in [0.5, 0.6) is 5.75 Å². The van der Waals surface area contributed by atoms with E-state index < -0.39 is 21.8 Å².